The summed E-state index contributed by atoms with van der Waals surface area (Å²) < 4.78 is 4.64. The zero-order valence-corrected chi connectivity index (χ0v) is 19.1. The first kappa shape index (κ1) is 27.1. The molecule has 0 bridgehead atoms. The molecule has 3 heteroatoms. The number of ether oxygens (including phenoxy) is 1. The third kappa shape index (κ3) is 21.4. The maximum atomic E-state index is 11.9. The number of carbonyl (C=O) groups excluding carboxylic acids is 2. The minimum absolute atomic E-state index is 0.0949. The van der Waals surface area contributed by atoms with Crippen LogP contribution in [0.3, 0.4) is 0 Å². The van der Waals surface area contributed by atoms with Crippen LogP contribution in [0.2, 0.25) is 0 Å². The Hall–Kier alpha value is -0.860. The van der Waals surface area contributed by atoms with E-state index in [2.05, 4.69) is 11.7 Å². The molecule has 3 nitrogen and oxygen atoms in total. The summed E-state index contributed by atoms with van der Waals surface area (Å²) in [4.78, 5) is 22.9. The quantitative estimate of drug-likeness (QED) is 0.138. The van der Waals surface area contributed by atoms with Crippen molar-refractivity contribution in [3.63, 3.8) is 0 Å². The van der Waals surface area contributed by atoms with Crippen molar-refractivity contribution in [1.29, 1.82) is 0 Å². The summed E-state index contributed by atoms with van der Waals surface area (Å²) in [5, 5.41) is 0. The Bertz CT molecular complexity index is 352. The van der Waals surface area contributed by atoms with E-state index in [1.165, 1.54) is 97.0 Å². The number of carbonyl (C=O) groups is 2. The van der Waals surface area contributed by atoms with Crippen LogP contribution >= 0.6 is 0 Å². The molecule has 0 unspecified atom stereocenters. The maximum absolute atomic E-state index is 11.9. The number of methoxy groups -OCH3 is 1. The van der Waals surface area contributed by atoms with Gasteiger partial charge < -0.3 is 4.74 Å². The van der Waals surface area contributed by atoms with Gasteiger partial charge in [-0.25, -0.2) is 0 Å². The predicted molar refractivity (Wildman–Crippen MR) is 120 cm³/mol. The van der Waals surface area contributed by atoms with Crippen molar-refractivity contribution < 1.29 is 14.3 Å². The highest BCUT2D eigenvalue weighted by Crippen LogP contribution is 2.14. The fourth-order valence-corrected chi connectivity index (χ4v) is 3.69. The molecule has 0 aliphatic rings. The smallest absolute Gasteiger partial charge is 0.305 e. The maximum Gasteiger partial charge on any atom is 0.305 e. The molecular formula is C25H48O3. The van der Waals surface area contributed by atoms with Crippen molar-refractivity contribution >= 4 is 11.8 Å². The molecule has 0 aliphatic carbocycles. The molecule has 0 aromatic heterocycles. The van der Waals surface area contributed by atoms with Gasteiger partial charge in [0.2, 0.25) is 0 Å². The van der Waals surface area contributed by atoms with E-state index in [1.54, 1.807) is 0 Å². The minimum atomic E-state index is -0.0949. The first-order valence-electron chi connectivity index (χ1n) is 12.3. The summed E-state index contributed by atoms with van der Waals surface area (Å²) in [5.41, 5.74) is 0. The zero-order valence-electron chi connectivity index (χ0n) is 19.1. The van der Waals surface area contributed by atoms with Crippen molar-refractivity contribution in [2.45, 2.75) is 142 Å². The Morgan fingerprint density at radius 2 is 0.821 bits per heavy atom. The van der Waals surface area contributed by atoms with E-state index in [-0.39, 0.29) is 5.97 Å². The standard InChI is InChI=1S/C25H48O3/c1-3-4-5-6-7-8-9-12-15-18-21-24(26)22-19-16-13-10-11-14-17-20-23-25(27)28-2/h3-23H2,1-2H3. The molecule has 0 radical (unpaired) electrons. The fraction of sp³-hybridized carbons (Fsp3) is 0.920. The lowest BCUT2D eigenvalue weighted by molar-refractivity contribution is -0.140. The van der Waals surface area contributed by atoms with Crippen molar-refractivity contribution in [3.8, 4) is 0 Å². The second-order valence-electron chi connectivity index (χ2n) is 8.38. The first-order valence-corrected chi connectivity index (χ1v) is 12.3. The Morgan fingerprint density at radius 3 is 1.18 bits per heavy atom. The SMILES string of the molecule is CCCCCCCCCCCCC(=O)CCCCCCCCCCC(=O)OC. The highest BCUT2D eigenvalue weighted by Gasteiger charge is 2.02. The van der Waals surface area contributed by atoms with Crippen molar-refractivity contribution in [2.24, 2.45) is 0 Å². The largest absolute Gasteiger partial charge is 0.469 e. The Labute approximate surface area is 175 Å². The van der Waals surface area contributed by atoms with Gasteiger partial charge >= 0.3 is 5.97 Å². The van der Waals surface area contributed by atoms with Crippen LogP contribution in [-0.2, 0) is 14.3 Å². The summed E-state index contributed by atoms with van der Waals surface area (Å²) in [6.45, 7) is 2.26. The predicted octanol–water partition coefficient (Wildman–Crippen LogP) is 7.94. The molecule has 0 spiro atoms. The number of ketones is 1. The highest BCUT2D eigenvalue weighted by molar-refractivity contribution is 5.78. The molecule has 28 heavy (non-hydrogen) atoms. The summed E-state index contributed by atoms with van der Waals surface area (Å²) in [7, 11) is 1.45. The lowest BCUT2D eigenvalue weighted by Gasteiger charge is -2.04. The molecular weight excluding hydrogens is 348 g/mol. The van der Waals surface area contributed by atoms with E-state index in [0.717, 1.165) is 38.5 Å². The fourth-order valence-electron chi connectivity index (χ4n) is 3.69. The number of esters is 1. The van der Waals surface area contributed by atoms with Crippen LogP contribution in [0.15, 0.2) is 0 Å². The number of unbranched alkanes of at least 4 members (excludes halogenated alkanes) is 16. The minimum Gasteiger partial charge on any atom is -0.469 e. The van der Waals surface area contributed by atoms with Gasteiger partial charge in [-0.05, 0) is 19.3 Å². The lowest BCUT2D eigenvalue weighted by Crippen LogP contribution is -1.99. The van der Waals surface area contributed by atoms with E-state index in [1.807, 2.05) is 0 Å². The van der Waals surface area contributed by atoms with Crippen molar-refractivity contribution in [3.05, 3.63) is 0 Å². The number of Topliss-reactive ketones (excluding diaryl/α,β-unsaturated/α-hetero) is 1. The van der Waals surface area contributed by atoms with E-state index < -0.39 is 0 Å². The van der Waals surface area contributed by atoms with Gasteiger partial charge in [-0.3, -0.25) is 9.59 Å². The van der Waals surface area contributed by atoms with E-state index in [0.29, 0.717) is 12.2 Å². The normalized spacial score (nSPS) is 10.9. The summed E-state index contributed by atoms with van der Waals surface area (Å²) in [6, 6.07) is 0. The summed E-state index contributed by atoms with van der Waals surface area (Å²) in [5.74, 6) is 0.379. The number of rotatable bonds is 22. The molecule has 0 heterocycles. The first-order chi connectivity index (χ1) is 13.7. The van der Waals surface area contributed by atoms with Crippen LogP contribution in [0.4, 0.5) is 0 Å². The third-order valence-electron chi connectivity index (χ3n) is 5.62. The Balaban J connectivity index is 3.18. The molecule has 0 saturated heterocycles. The molecule has 0 fully saturated rings. The van der Waals surface area contributed by atoms with Gasteiger partial charge in [0.05, 0.1) is 7.11 Å². The molecule has 166 valence electrons. The van der Waals surface area contributed by atoms with Crippen LogP contribution in [-0.4, -0.2) is 18.9 Å². The number of hydrogen-bond acceptors (Lipinski definition) is 3. The van der Waals surface area contributed by atoms with E-state index >= 15 is 0 Å². The highest BCUT2D eigenvalue weighted by atomic mass is 16.5. The van der Waals surface area contributed by atoms with Gasteiger partial charge in [0, 0.05) is 19.3 Å². The van der Waals surface area contributed by atoms with Crippen LogP contribution in [0.5, 0.6) is 0 Å². The summed E-state index contributed by atoms with van der Waals surface area (Å²) in [6.07, 6.45) is 24.7. The average Bonchev–Trinajstić information content (AvgIpc) is 2.70. The molecule has 0 N–H and O–H groups in total. The summed E-state index contributed by atoms with van der Waals surface area (Å²) >= 11 is 0. The molecule has 0 atom stereocenters. The van der Waals surface area contributed by atoms with Crippen molar-refractivity contribution in [1.82, 2.24) is 0 Å². The van der Waals surface area contributed by atoms with Gasteiger partial charge in [-0.2, -0.15) is 0 Å². The van der Waals surface area contributed by atoms with Crippen LogP contribution < -0.4 is 0 Å². The molecule has 0 amide bonds. The molecule has 0 aromatic rings. The van der Waals surface area contributed by atoms with Crippen LogP contribution in [0, 0.1) is 0 Å². The lowest BCUT2D eigenvalue weighted by atomic mass is 10.0. The van der Waals surface area contributed by atoms with Gasteiger partial charge in [-0.1, -0.05) is 103 Å². The van der Waals surface area contributed by atoms with E-state index in [9.17, 15) is 9.59 Å². The monoisotopic (exact) mass is 396 g/mol. The third-order valence-corrected chi connectivity index (χ3v) is 5.62. The average molecular weight is 397 g/mol. The topological polar surface area (TPSA) is 43.4 Å². The molecule has 0 aliphatic heterocycles. The van der Waals surface area contributed by atoms with Gasteiger partial charge in [-0.15, -0.1) is 0 Å². The number of hydrogen-bond donors (Lipinski definition) is 0. The van der Waals surface area contributed by atoms with Gasteiger partial charge in [0.15, 0.2) is 0 Å². The molecule has 0 saturated carbocycles. The Kier molecular flexibility index (Phi) is 21.7. The van der Waals surface area contributed by atoms with Gasteiger partial charge in [0.1, 0.15) is 5.78 Å². The molecule has 0 rings (SSSR count). The van der Waals surface area contributed by atoms with Crippen LogP contribution in [0.25, 0.3) is 0 Å². The molecule has 0 aromatic carbocycles. The van der Waals surface area contributed by atoms with Gasteiger partial charge in [0.25, 0.3) is 0 Å². The second kappa shape index (κ2) is 22.4. The Morgan fingerprint density at radius 1 is 0.500 bits per heavy atom. The zero-order chi connectivity index (χ0) is 20.7. The second-order valence-corrected chi connectivity index (χ2v) is 8.38. The van der Waals surface area contributed by atoms with E-state index in [4.69, 9.17) is 0 Å². The van der Waals surface area contributed by atoms with Crippen LogP contribution in [0.1, 0.15) is 142 Å². The van der Waals surface area contributed by atoms with Crippen molar-refractivity contribution in [2.75, 3.05) is 7.11 Å².